The molecule has 148 valence electrons. The highest BCUT2D eigenvalue weighted by Gasteiger charge is 2.55. The molecule has 12 heteroatoms. The molecule has 0 aliphatic carbocycles. The van der Waals surface area contributed by atoms with Gasteiger partial charge in [-0.3, -0.25) is 20.2 Å². The van der Waals surface area contributed by atoms with Crippen molar-refractivity contribution < 1.29 is 34.3 Å². The van der Waals surface area contributed by atoms with Gasteiger partial charge in [0.15, 0.2) is 12.1 Å². The normalized spacial score (nSPS) is 29.9. The van der Waals surface area contributed by atoms with E-state index in [0.29, 0.717) is 0 Å². The number of nitro groups is 2. The lowest BCUT2D eigenvalue weighted by Gasteiger charge is -2.26. The van der Waals surface area contributed by atoms with Gasteiger partial charge in [0, 0.05) is 12.6 Å². The first-order valence-corrected chi connectivity index (χ1v) is 8.13. The number of hydrogen-bond acceptors (Lipinski definition) is 10. The fraction of sp³-hybridized carbons (Fsp3) is 0.600. The number of benzene rings is 1. The van der Waals surface area contributed by atoms with E-state index in [9.17, 15) is 30.4 Å². The summed E-state index contributed by atoms with van der Waals surface area (Å²) in [4.78, 5) is 20.4. The van der Waals surface area contributed by atoms with Gasteiger partial charge in [0.1, 0.15) is 30.1 Å². The maximum atomic E-state index is 11.1. The van der Waals surface area contributed by atoms with Crippen LogP contribution in [-0.2, 0) is 14.2 Å². The lowest BCUT2D eigenvalue weighted by atomic mass is 10.1. The Labute approximate surface area is 152 Å². The first-order chi connectivity index (χ1) is 12.6. The molecular weight excluding hydrogens is 366 g/mol. The second-order valence-electron chi connectivity index (χ2n) is 6.72. The van der Waals surface area contributed by atoms with Gasteiger partial charge in [0.05, 0.1) is 15.9 Å². The van der Waals surface area contributed by atoms with E-state index >= 15 is 0 Å². The monoisotopic (exact) mass is 385 g/mol. The van der Waals surface area contributed by atoms with Crippen LogP contribution in [0.2, 0.25) is 0 Å². The van der Waals surface area contributed by atoms with Crippen molar-refractivity contribution in [1.82, 2.24) is 0 Å². The highest BCUT2D eigenvalue weighted by Crippen LogP contribution is 2.38. The Bertz CT molecular complexity index is 756. The molecule has 0 unspecified atom stereocenters. The summed E-state index contributed by atoms with van der Waals surface area (Å²) in [5.41, 5.74) is -0.937. The number of nitrogens with zero attached hydrogens (tertiary/aromatic N) is 2. The van der Waals surface area contributed by atoms with Crippen LogP contribution in [0.4, 0.5) is 17.1 Å². The number of rotatable bonds is 6. The summed E-state index contributed by atoms with van der Waals surface area (Å²) >= 11 is 0. The van der Waals surface area contributed by atoms with Gasteiger partial charge in [-0.1, -0.05) is 0 Å². The van der Waals surface area contributed by atoms with Crippen LogP contribution >= 0.6 is 0 Å². The number of aliphatic hydroxyl groups excluding tert-OH is 2. The van der Waals surface area contributed by atoms with Gasteiger partial charge in [0.25, 0.3) is 11.4 Å². The van der Waals surface area contributed by atoms with Crippen molar-refractivity contribution in [2.75, 3.05) is 11.9 Å². The molecule has 0 saturated carbocycles. The second kappa shape index (κ2) is 6.98. The molecule has 0 bridgehead atoms. The summed E-state index contributed by atoms with van der Waals surface area (Å²) in [6.45, 7) is 3.13. The second-order valence-corrected chi connectivity index (χ2v) is 6.72. The van der Waals surface area contributed by atoms with Crippen LogP contribution in [0.3, 0.4) is 0 Å². The first kappa shape index (κ1) is 19.4. The fourth-order valence-electron chi connectivity index (χ4n) is 3.10. The van der Waals surface area contributed by atoms with Gasteiger partial charge in [-0.25, -0.2) is 0 Å². The molecule has 5 atom stereocenters. The van der Waals surface area contributed by atoms with E-state index in [1.54, 1.807) is 13.8 Å². The first-order valence-electron chi connectivity index (χ1n) is 8.13. The van der Waals surface area contributed by atoms with Crippen LogP contribution in [0.25, 0.3) is 0 Å². The Morgan fingerprint density at radius 2 is 1.96 bits per heavy atom. The van der Waals surface area contributed by atoms with Crippen molar-refractivity contribution in [2.24, 2.45) is 0 Å². The molecule has 2 saturated heterocycles. The third kappa shape index (κ3) is 3.84. The molecule has 2 heterocycles. The van der Waals surface area contributed by atoms with E-state index in [1.807, 2.05) is 0 Å². The minimum Gasteiger partial charge on any atom is -0.388 e. The Kier molecular flexibility index (Phi) is 5.01. The largest absolute Gasteiger partial charge is 0.388 e. The van der Waals surface area contributed by atoms with E-state index in [-0.39, 0.29) is 12.2 Å². The maximum absolute atomic E-state index is 11.1. The van der Waals surface area contributed by atoms with Crippen LogP contribution in [0.15, 0.2) is 18.2 Å². The zero-order valence-corrected chi connectivity index (χ0v) is 14.5. The van der Waals surface area contributed by atoms with Crippen LogP contribution in [-0.4, -0.2) is 63.1 Å². The molecule has 0 amide bonds. The van der Waals surface area contributed by atoms with Crippen LogP contribution in [0.1, 0.15) is 13.8 Å². The van der Waals surface area contributed by atoms with E-state index in [1.165, 1.54) is 6.07 Å². The molecule has 2 aliphatic rings. The molecule has 2 fully saturated rings. The number of ether oxygens (including phenoxy) is 3. The predicted molar refractivity (Wildman–Crippen MR) is 89.0 cm³/mol. The Balaban J connectivity index is 1.66. The molecule has 1 aromatic carbocycles. The topological polar surface area (TPSA) is 166 Å². The van der Waals surface area contributed by atoms with Gasteiger partial charge in [0.2, 0.25) is 0 Å². The van der Waals surface area contributed by atoms with Crippen molar-refractivity contribution in [3.63, 3.8) is 0 Å². The molecule has 12 nitrogen and oxygen atoms in total. The van der Waals surface area contributed by atoms with Crippen molar-refractivity contribution in [3.05, 3.63) is 38.4 Å². The minimum absolute atomic E-state index is 0.00837. The van der Waals surface area contributed by atoms with Crippen molar-refractivity contribution in [3.8, 4) is 0 Å². The predicted octanol–water partition coefficient (Wildman–Crippen LogP) is 0.513. The van der Waals surface area contributed by atoms with Gasteiger partial charge in [-0.15, -0.1) is 0 Å². The van der Waals surface area contributed by atoms with Gasteiger partial charge >= 0.3 is 0 Å². The van der Waals surface area contributed by atoms with E-state index < -0.39 is 57.7 Å². The fourth-order valence-corrected chi connectivity index (χ4v) is 3.10. The quantitative estimate of drug-likeness (QED) is 0.464. The number of hydrogen-bond donors (Lipinski definition) is 3. The molecule has 3 N–H and O–H groups in total. The molecule has 0 aromatic heterocycles. The molecule has 27 heavy (non-hydrogen) atoms. The maximum Gasteiger partial charge on any atom is 0.299 e. The summed E-state index contributed by atoms with van der Waals surface area (Å²) < 4.78 is 16.5. The highest BCUT2D eigenvalue weighted by atomic mass is 16.8. The van der Waals surface area contributed by atoms with Gasteiger partial charge in [-0.05, 0) is 19.9 Å². The average molecular weight is 385 g/mol. The Morgan fingerprint density at radius 3 is 2.56 bits per heavy atom. The van der Waals surface area contributed by atoms with Crippen LogP contribution in [0, 0.1) is 20.2 Å². The SMILES string of the molecule is CC1(C)O[C@@H]2O[C@@H]([C@@H](O)CNc3ccc([N+](=O)[O-])cc3[N+](=O)[O-])[C@@H](O)[C@@H]2O1. The Morgan fingerprint density at radius 1 is 1.26 bits per heavy atom. The van der Waals surface area contributed by atoms with Crippen LogP contribution in [0.5, 0.6) is 0 Å². The summed E-state index contributed by atoms with van der Waals surface area (Å²) in [5.74, 6) is -0.913. The molecule has 3 rings (SSSR count). The summed E-state index contributed by atoms with van der Waals surface area (Å²) in [7, 11) is 0. The summed E-state index contributed by atoms with van der Waals surface area (Å²) in [6.07, 6.45) is -5.01. The van der Waals surface area contributed by atoms with Crippen molar-refractivity contribution in [2.45, 2.75) is 50.3 Å². The summed E-state index contributed by atoms with van der Waals surface area (Å²) in [6, 6.07) is 3.11. The molecule has 0 radical (unpaired) electrons. The van der Waals surface area contributed by atoms with Crippen molar-refractivity contribution in [1.29, 1.82) is 0 Å². The average Bonchev–Trinajstić information content (AvgIpc) is 3.05. The number of fused-ring (bicyclic) bond motifs is 1. The third-order valence-corrected chi connectivity index (χ3v) is 4.32. The zero-order valence-electron chi connectivity index (χ0n) is 14.5. The Hall–Kier alpha value is -2.38. The van der Waals surface area contributed by atoms with Gasteiger partial charge < -0.3 is 29.7 Å². The standard InChI is InChI=1S/C15H19N3O9/c1-15(2)26-13-11(20)12(25-14(13)27-15)10(19)6-16-8-4-3-7(17(21)22)5-9(8)18(23)24/h3-5,10-14,16,19-20H,6H2,1-2H3/t10-,11+,12-,13-,14-/m0/s1. The molecule has 0 spiro atoms. The lowest BCUT2D eigenvalue weighted by molar-refractivity contribution is -0.393. The van der Waals surface area contributed by atoms with Crippen molar-refractivity contribution >= 4 is 17.1 Å². The smallest absolute Gasteiger partial charge is 0.299 e. The van der Waals surface area contributed by atoms with E-state index in [4.69, 9.17) is 14.2 Å². The number of nitro benzene ring substituents is 2. The summed E-state index contributed by atoms with van der Waals surface area (Å²) in [5, 5.41) is 45.1. The molecule has 1 aromatic rings. The number of aliphatic hydroxyl groups is 2. The van der Waals surface area contributed by atoms with Crippen LogP contribution < -0.4 is 5.32 Å². The number of non-ortho nitro benzene ring substituents is 1. The minimum atomic E-state index is -1.24. The molecular formula is C15H19N3O9. The van der Waals surface area contributed by atoms with E-state index in [2.05, 4.69) is 5.32 Å². The molecule has 2 aliphatic heterocycles. The lowest BCUT2D eigenvalue weighted by Crippen LogP contribution is -2.43. The zero-order chi connectivity index (χ0) is 19.9. The number of nitrogens with one attached hydrogen (secondary N) is 1. The van der Waals surface area contributed by atoms with Gasteiger partial charge in [-0.2, -0.15) is 0 Å². The number of anilines is 1. The highest BCUT2D eigenvalue weighted by molar-refractivity contribution is 5.65. The van der Waals surface area contributed by atoms with E-state index in [0.717, 1.165) is 12.1 Å². The third-order valence-electron chi connectivity index (χ3n) is 4.32.